The molecule has 0 aliphatic rings. The zero-order valence-electron chi connectivity index (χ0n) is 12.6. The minimum Gasteiger partial charge on any atom is -0.457 e. The van der Waals surface area contributed by atoms with E-state index in [-0.39, 0.29) is 15.7 Å². The van der Waals surface area contributed by atoms with Crippen molar-refractivity contribution in [2.75, 3.05) is 5.32 Å². The number of anilines is 1. The standard InChI is InChI=1S/C17H11Br2NO4S/c18-12-1-5-14(6-2-12)25(22,23)15-7-3-13(4-8-15)20-17(21)11-9-16(19)24-10-11/h1-10H,(H,20,21). The van der Waals surface area contributed by atoms with Gasteiger partial charge in [0, 0.05) is 16.2 Å². The molecule has 1 N–H and O–H groups in total. The van der Waals surface area contributed by atoms with Crippen LogP contribution < -0.4 is 5.32 Å². The number of rotatable bonds is 4. The maximum atomic E-state index is 12.6. The Bertz CT molecular complexity index is 1010. The lowest BCUT2D eigenvalue weighted by molar-refractivity contribution is 0.102. The van der Waals surface area contributed by atoms with Crippen LogP contribution >= 0.6 is 31.9 Å². The van der Waals surface area contributed by atoms with Crippen LogP contribution in [-0.4, -0.2) is 14.3 Å². The molecule has 3 rings (SSSR count). The van der Waals surface area contributed by atoms with Gasteiger partial charge in [-0.2, -0.15) is 0 Å². The van der Waals surface area contributed by atoms with E-state index in [2.05, 4.69) is 37.2 Å². The molecule has 1 amide bonds. The summed E-state index contributed by atoms with van der Waals surface area (Å²) in [6, 6.07) is 13.9. The van der Waals surface area contributed by atoms with Crippen LogP contribution in [0.15, 0.2) is 84.2 Å². The number of carbonyl (C=O) groups excluding carboxylic acids is 1. The molecule has 128 valence electrons. The van der Waals surface area contributed by atoms with E-state index in [9.17, 15) is 13.2 Å². The van der Waals surface area contributed by atoms with Gasteiger partial charge in [0.2, 0.25) is 9.84 Å². The molecule has 1 aromatic heterocycles. The summed E-state index contributed by atoms with van der Waals surface area (Å²) in [5.41, 5.74) is 0.843. The second-order valence-electron chi connectivity index (χ2n) is 5.08. The average molecular weight is 485 g/mol. The number of sulfone groups is 1. The molecule has 0 saturated heterocycles. The van der Waals surface area contributed by atoms with Gasteiger partial charge in [0.1, 0.15) is 6.26 Å². The number of amides is 1. The topological polar surface area (TPSA) is 76.4 Å². The Morgan fingerprint density at radius 3 is 2.00 bits per heavy atom. The normalized spacial score (nSPS) is 11.3. The van der Waals surface area contributed by atoms with E-state index in [1.807, 2.05) is 0 Å². The first-order chi connectivity index (χ1) is 11.9. The van der Waals surface area contributed by atoms with Crippen LogP contribution in [0.5, 0.6) is 0 Å². The van der Waals surface area contributed by atoms with Crippen LogP contribution in [0.4, 0.5) is 5.69 Å². The van der Waals surface area contributed by atoms with Crippen LogP contribution in [0, 0.1) is 0 Å². The summed E-state index contributed by atoms with van der Waals surface area (Å²) in [6.45, 7) is 0. The summed E-state index contributed by atoms with van der Waals surface area (Å²) in [4.78, 5) is 12.4. The number of nitrogens with one attached hydrogen (secondary N) is 1. The van der Waals surface area contributed by atoms with Crippen LogP contribution in [0.1, 0.15) is 10.4 Å². The summed E-state index contributed by atoms with van der Waals surface area (Å²) in [6.07, 6.45) is 1.33. The van der Waals surface area contributed by atoms with E-state index in [1.54, 1.807) is 30.3 Å². The highest BCUT2D eigenvalue weighted by atomic mass is 79.9. The Hall–Kier alpha value is -1.90. The molecule has 2 aromatic carbocycles. The van der Waals surface area contributed by atoms with Gasteiger partial charge in [-0.05, 0) is 64.5 Å². The number of furan rings is 1. The minimum absolute atomic E-state index is 0.152. The summed E-state index contributed by atoms with van der Waals surface area (Å²) in [5, 5.41) is 2.68. The van der Waals surface area contributed by atoms with Gasteiger partial charge in [-0.25, -0.2) is 8.42 Å². The third-order valence-electron chi connectivity index (χ3n) is 3.38. The van der Waals surface area contributed by atoms with Crippen molar-refractivity contribution in [3.05, 3.63) is 75.6 Å². The lowest BCUT2D eigenvalue weighted by Crippen LogP contribution is -2.11. The minimum atomic E-state index is -3.60. The molecule has 3 aromatic rings. The Morgan fingerprint density at radius 2 is 1.48 bits per heavy atom. The number of hydrogen-bond acceptors (Lipinski definition) is 4. The van der Waals surface area contributed by atoms with Crippen molar-refractivity contribution in [3.63, 3.8) is 0 Å². The molecule has 25 heavy (non-hydrogen) atoms. The van der Waals surface area contributed by atoms with E-state index in [1.165, 1.54) is 30.5 Å². The number of carbonyl (C=O) groups is 1. The van der Waals surface area contributed by atoms with E-state index in [4.69, 9.17) is 4.42 Å². The Balaban J connectivity index is 1.80. The average Bonchev–Trinajstić information content (AvgIpc) is 3.02. The van der Waals surface area contributed by atoms with E-state index >= 15 is 0 Å². The summed E-state index contributed by atoms with van der Waals surface area (Å²) in [7, 11) is -3.60. The van der Waals surface area contributed by atoms with Gasteiger partial charge in [-0.15, -0.1) is 0 Å². The molecule has 0 bridgehead atoms. The monoisotopic (exact) mass is 483 g/mol. The summed E-state index contributed by atoms with van der Waals surface area (Å²) in [5.74, 6) is -0.349. The number of hydrogen-bond donors (Lipinski definition) is 1. The van der Waals surface area contributed by atoms with E-state index in [0.29, 0.717) is 15.9 Å². The van der Waals surface area contributed by atoms with E-state index in [0.717, 1.165) is 4.47 Å². The zero-order chi connectivity index (χ0) is 18.0. The van der Waals surface area contributed by atoms with E-state index < -0.39 is 9.84 Å². The SMILES string of the molecule is O=C(Nc1ccc(S(=O)(=O)c2ccc(Br)cc2)cc1)c1coc(Br)c1. The predicted molar refractivity (Wildman–Crippen MR) is 100 cm³/mol. The molecular weight excluding hydrogens is 474 g/mol. The van der Waals surface area contributed by atoms with Gasteiger partial charge >= 0.3 is 0 Å². The van der Waals surface area contributed by atoms with Crippen molar-refractivity contribution in [1.29, 1.82) is 0 Å². The zero-order valence-corrected chi connectivity index (χ0v) is 16.6. The van der Waals surface area contributed by atoms with Crippen molar-refractivity contribution in [2.45, 2.75) is 9.79 Å². The first-order valence-corrected chi connectivity index (χ1v) is 10.1. The Morgan fingerprint density at radius 1 is 0.920 bits per heavy atom. The fourth-order valence-corrected chi connectivity index (χ4v) is 3.97. The third kappa shape index (κ3) is 4.02. The van der Waals surface area contributed by atoms with Crippen LogP contribution in [0.3, 0.4) is 0 Å². The predicted octanol–water partition coefficient (Wildman–Crippen LogP) is 4.89. The molecule has 0 saturated carbocycles. The van der Waals surface area contributed by atoms with Gasteiger partial charge < -0.3 is 9.73 Å². The van der Waals surface area contributed by atoms with Crippen molar-refractivity contribution < 1.29 is 17.6 Å². The largest absolute Gasteiger partial charge is 0.457 e. The molecule has 0 fully saturated rings. The van der Waals surface area contributed by atoms with Gasteiger partial charge in [0.05, 0.1) is 15.4 Å². The fraction of sp³-hybridized carbons (Fsp3) is 0. The molecule has 1 heterocycles. The lowest BCUT2D eigenvalue weighted by atomic mass is 10.3. The van der Waals surface area contributed by atoms with Gasteiger partial charge in [-0.3, -0.25) is 4.79 Å². The molecule has 8 heteroatoms. The number of halogens is 2. The van der Waals surface area contributed by atoms with Crippen molar-refractivity contribution in [1.82, 2.24) is 0 Å². The molecular formula is C17H11Br2NO4S. The first-order valence-electron chi connectivity index (χ1n) is 7.02. The highest BCUT2D eigenvalue weighted by Crippen LogP contribution is 2.24. The molecule has 0 radical (unpaired) electrons. The molecule has 0 spiro atoms. The maximum absolute atomic E-state index is 12.6. The maximum Gasteiger partial charge on any atom is 0.258 e. The molecule has 0 atom stereocenters. The number of benzene rings is 2. The second kappa shape index (κ2) is 7.15. The van der Waals surface area contributed by atoms with Crippen molar-refractivity contribution in [2.24, 2.45) is 0 Å². The molecule has 5 nitrogen and oxygen atoms in total. The fourth-order valence-electron chi connectivity index (χ4n) is 2.10. The molecule has 0 aliphatic heterocycles. The van der Waals surface area contributed by atoms with Crippen molar-refractivity contribution >= 4 is 53.3 Å². The molecule has 0 unspecified atom stereocenters. The second-order valence-corrected chi connectivity index (χ2v) is 8.72. The van der Waals surface area contributed by atoms with Crippen molar-refractivity contribution in [3.8, 4) is 0 Å². The highest BCUT2D eigenvalue weighted by Gasteiger charge is 2.17. The van der Waals surface area contributed by atoms with Crippen LogP contribution in [0.2, 0.25) is 0 Å². The van der Waals surface area contributed by atoms with Crippen LogP contribution in [-0.2, 0) is 9.84 Å². The lowest BCUT2D eigenvalue weighted by Gasteiger charge is -2.07. The van der Waals surface area contributed by atoms with Gasteiger partial charge in [0.25, 0.3) is 5.91 Å². The summed E-state index contributed by atoms with van der Waals surface area (Å²) < 4.78 is 31.4. The molecule has 0 aliphatic carbocycles. The van der Waals surface area contributed by atoms with Gasteiger partial charge in [-0.1, -0.05) is 15.9 Å². The highest BCUT2D eigenvalue weighted by molar-refractivity contribution is 9.10. The Kier molecular flexibility index (Phi) is 5.12. The summed E-state index contributed by atoms with van der Waals surface area (Å²) >= 11 is 6.40. The third-order valence-corrected chi connectivity index (χ3v) is 6.11. The van der Waals surface area contributed by atoms with Gasteiger partial charge in [0.15, 0.2) is 4.67 Å². The quantitative estimate of drug-likeness (QED) is 0.571. The first kappa shape index (κ1) is 17.9. The Labute approximate surface area is 161 Å². The van der Waals surface area contributed by atoms with Crippen LogP contribution in [0.25, 0.3) is 0 Å². The smallest absolute Gasteiger partial charge is 0.258 e.